The first-order valence-corrected chi connectivity index (χ1v) is 10.2. The number of fused-ring (bicyclic) bond motifs is 1. The number of benzene rings is 3. The number of ether oxygens (including phenoxy) is 2. The Balaban J connectivity index is 1.73. The van der Waals surface area contributed by atoms with Gasteiger partial charge in [-0.25, -0.2) is 4.98 Å². The van der Waals surface area contributed by atoms with Gasteiger partial charge in [-0.2, -0.15) is 0 Å². The van der Waals surface area contributed by atoms with E-state index in [4.69, 9.17) is 9.47 Å². The van der Waals surface area contributed by atoms with Crippen LogP contribution in [0.15, 0.2) is 78.9 Å². The molecule has 0 unspecified atom stereocenters. The number of carbonyl (C=O) groups excluding carboxylic acids is 1. The van der Waals surface area contributed by atoms with Crippen LogP contribution in [-0.4, -0.2) is 25.1 Å². The van der Waals surface area contributed by atoms with Crippen LogP contribution >= 0.6 is 11.3 Å². The zero-order chi connectivity index (χ0) is 20.9. The molecule has 0 N–H and O–H groups in total. The van der Waals surface area contributed by atoms with Gasteiger partial charge in [0.05, 0.1) is 30.1 Å². The van der Waals surface area contributed by atoms with E-state index in [-0.39, 0.29) is 5.91 Å². The quantitative estimate of drug-likeness (QED) is 0.379. The Morgan fingerprint density at radius 2 is 1.73 bits per heavy atom. The molecular weight excluding hydrogens is 396 g/mol. The van der Waals surface area contributed by atoms with Gasteiger partial charge in [0, 0.05) is 11.6 Å². The van der Waals surface area contributed by atoms with Gasteiger partial charge in [0.1, 0.15) is 11.5 Å². The van der Waals surface area contributed by atoms with Crippen molar-refractivity contribution >= 4 is 44.4 Å². The van der Waals surface area contributed by atoms with Crippen molar-refractivity contribution in [2.24, 2.45) is 0 Å². The van der Waals surface area contributed by atoms with E-state index in [1.807, 2.05) is 72.8 Å². The molecule has 6 heteroatoms. The number of para-hydroxylation sites is 2. The monoisotopic (exact) mass is 416 g/mol. The van der Waals surface area contributed by atoms with E-state index in [9.17, 15) is 4.79 Å². The predicted molar refractivity (Wildman–Crippen MR) is 122 cm³/mol. The number of aromatic nitrogens is 1. The summed E-state index contributed by atoms with van der Waals surface area (Å²) < 4.78 is 11.7. The highest BCUT2D eigenvalue weighted by atomic mass is 32.1. The average molecular weight is 417 g/mol. The van der Waals surface area contributed by atoms with Crippen molar-refractivity contribution in [2.45, 2.75) is 0 Å². The second-order valence-electron chi connectivity index (χ2n) is 6.41. The number of anilines is 2. The van der Waals surface area contributed by atoms with Crippen LogP contribution in [-0.2, 0) is 4.79 Å². The Hall–Kier alpha value is -3.64. The third-order valence-electron chi connectivity index (χ3n) is 4.55. The Morgan fingerprint density at radius 1 is 0.967 bits per heavy atom. The minimum absolute atomic E-state index is 0.204. The lowest BCUT2D eigenvalue weighted by molar-refractivity contribution is -0.113. The van der Waals surface area contributed by atoms with Gasteiger partial charge >= 0.3 is 0 Å². The zero-order valence-corrected chi connectivity index (χ0v) is 17.4. The van der Waals surface area contributed by atoms with Crippen LogP contribution in [0.1, 0.15) is 5.56 Å². The van der Waals surface area contributed by atoms with Crippen LogP contribution in [0.4, 0.5) is 10.8 Å². The Morgan fingerprint density at radius 3 is 2.47 bits per heavy atom. The topological polar surface area (TPSA) is 51.7 Å². The number of hydrogen-bond donors (Lipinski definition) is 0. The molecule has 0 saturated carbocycles. The predicted octanol–water partition coefficient (Wildman–Crippen LogP) is 5.69. The fourth-order valence-electron chi connectivity index (χ4n) is 3.07. The summed E-state index contributed by atoms with van der Waals surface area (Å²) in [5, 5.41) is 0.620. The van der Waals surface area contributed by atoms with Crippen molar-refractivity contribution in [3.8, 4) is 11.5 Å². The molecule has 0 radical (unpaired) electrons. The van der Waals surface area contributed by atoms with Crippen molar-refractivity contribution in [3.63, 3.8) is 0 Å². The summed E-state index contributed by atoms with van der Waals surface area (Å²) in [6.07, 6.45) is 3.25. The minimum atomic E-state index is -0.204. The van der Waals surface area contributed by atoms with Gasteiger partial charge in [0.15, 0.2) is 5.13 Å². The van der Waals surface area contributed by atoms with E-state index >= 15 is 0 Å². The third kappa shape index (κ3) is 4.04. The standard InChI is InChI=1S/C24H20N2O3S/c1-28-19-13-14-21(29-2)17(16-19)12-15-23(27)26(18-8-4-3-5-9-18)24-25-20-10-6-7-11-22(20)30-24/h3-16H,1-2H3/b15-12+. The van der Waals surface area contributed by atoms with Gasteiger partial charge in [0.25, 0.3) is 5.91 Å². The maximum absolute atomic E-state index is 13.3. The first-order valence-electron chi connectivity index (χ1n) is 9.34. The Kier molecular flexibility index (Phi) is 5.77. The zero-order valence-electron chi connectivity index (χ0n) is 16.6. The van der Waals surface area contributed by atoms with E-state index < -0.39 is 0 Å². The highest BCUT2D eigenvalue weighted by molar-refractivity contribution is 7.22. The highest BCUT2D eigenvalue weighted by Crippen LogP contribution is 2.34. The van der Waals surface area contributed by atoms with Crippen LogP contribution < -0.4 is 14.4 Å². The molecule has 1 amide bonds. The van der Waals surface area contributed by atoms with Crippen LogP contribution in [0.5, 0.6) is 11.5 Å². The Labute approximate surface area is 178 Å². The van der Waals surface area contributed by atoms with Crippen molar-refractivity contribution in [1.29, 1.82) is 0 Å². The second-order valence-corrected chi connectivity index (χ2v) is 7.42. The number of hydrogen-bond acceptors (Lipinski definition) is 5. The van der Waals surface area contributed by atoms with Crippen LogP contribution in [0, 0.1) is 0 Å². The second kappa shape index (κ2) is 8.80. The first kappa shape index (κ1) is 19.7. The lowest BCUT2D eigenvalue weighted by Crippen LogP contribution is -2.23. The van der Waals surface area contributed by atoms with Crippen LogP contribution in [0.25, 0.3) is 16.3 Å². The van der Waals surface area contributed by atoms with Crippen molar-refractivity contribution < 1.29 is 14.3 Å². The number of amides is 1. The smallest absolute Gasteiger partial charge is 0.257 e. The lowest BCUT2D eigenvalue weighted by Gasteiger charge is -2.18. The molecule has 0 atom stereocenters. The lowest BCUT2D eigenvalue weighted by atomic mass is 10.1. The molecule has 4 rings (SSSR count). The number of carbonyl (C=O) groups is 1. The summed E-state index contributed by atoms with van der Waals surface area (Å²) >= 11 is 1.48. The van der Waals surface area contributed by atoms with Gasteiger partial charge in [-0.1, -0.05) is 41.7 Å². The largest absolute Gasteiger partial charge is 0.497 e. The van der Waals surface area contributed by atoms with Gasteiger partial charge in [-0.3, -0.25) is 9.69 Å². The van der Waals surface area contributed by atoms with E-state index in [2.05, 4.69) is 4.98 Å². The average Bonchev–Trinajstić information content (AvgIpc) is 3.21. The summed E-state index contributed by atoms with van der Waals surface area (Å²) in [7, 11) is 3.20. The molecule has 0 aliphatic heterocycles. The normalized spacial score (nSPS) is 11.0. The summed E-state index contributed by atoms with van der Waals surface area (Å²) in [4.78, 5) is 19.6. The first-order chi connectivity index (χ1) is 14.7. The molecule has 0 aliphatic carbocycles. The fourth-order valence-corrected chi connectivity index (χ4v) is 4.06. The van der Waals surface area contributed by atoms with Crippen LogP contribution in [0.3, 0.4) is 0 Å². The molecule has 0 fully saturated rings. The van der Waals surface area contributed by atoms with Crippen LogP contribution in [0.2, 0.25) is 0 Å². The van der Waals surface area contributed by atoms with Gasteiger partial charge in [-0.15, -0.1) is 0 Å². The van der Waals surface area contributed by atoms with E-state index in [0.29, 0.717) is 16.6 Å². The van der Waals surface area contributed by atoms with E-state index in [1.165, 1.54) is 17.4 Å². The molecule has 1 aromatic heterocycles. The Bertz CT molecular complexity index is 1170. The number of nitrogens with zero attached hydrogens (tertiary/aromatic N) is 2. The van der Waals surface area contributed by atoms with Gasteiger partial charge in [0.2, 0.25) is 0 Å². The highest BCUT2D eigenvalue weighted by Gasteiger charge is 2.20. The maximum atomic E-state index is 13.3. The van der Waals surface area contributed by atoms with E-state index in [0.717, 1.165) is 21.5 Å². The molecule has 0 bridgehead atoms. The SMILES string of the molecule is COc1ccc(OC)c(/C=C/C(=O)N(c2ccccc2)c2nc3ccccc3s2)c1. The molecular formula is C24H20N2O3S. The van der Waals surface area contributed by atoms with Gasteiger partial charge < -0.3 is 9.47 Å². The molecule has 3 aromatic carbocycles. The molecule has 0 spiro atoms. The minimum Gasteiger partial charge on any atom is -0.497 e. The molecule has 150 valence electrons. The molecule has 5 nitrogen and oxygen atoms in total. The number of rotatable bonds is 6. The molecule has 0 aliphatic rings. The number of thiazole rings is 1. The molecule has 1 heterocycles. The third-order valence-corrected chi connectivity index (χ3v) is 5.57. The van der Waals surface area contributed by atoms with Crippen molar-refractivity contribution in [3.05, 3.63) is 84.4 Å². The maximum Gasteiger partial charge on any atom is 0.257 e. The van der Waals surface area contributed by atoms with Gasteiger partial charge in [-0.05, 0) is 48.5 Å². The van der Waals surface area contributed by atoms with Crippen molar-refractivity contribution in [2.75, 3.05) is 19.1 Å². The molecule has 30 heavy (non-hydrogen) atoms. The van der Waals surface area contributed by atoms with Crippen molar-refractivity contribution in [1.82, 2.24) is 4.98 Å². The fraction of sp³-hybridized carbons (Fsp3) is 0.0833. The summed E-state index contributed by atoms with van der Waals surface area (Å²) in [6.45, 7) is 0. The molecule has 4 aromatic rings. The summed E-state index contributed by atoms with van der Waals surface area (Å²) in [5.41, 5.74) is 2.37. The molecule has 0 saturated heterocycles. The van der Waals surface area contributed by atoms with E-state index in [1.54, 1.807) is 25.2 Å². The summed E-state index contributed by atoms with van der Waals surface area (Å²) in [6, 6.07) is 22.8. The number of methoxy groups -OCH3 is 2. The summed E-state index contributed by atoms with van der Waals surface area (Å²) in [5.74, 6) is 1.14.